The summed E-state index contributed by atoms with van der Waals surface area (Å²) in [7, 11) is 1.77. The van der Waals surface area contributed by atoms with Crippen LogP contribution in [0, 0.1) is 0 Å². The second kappa shape index (κ2) is 5.77. The largest absolute Gasteiger partial charge is 0.338 e. The Hall–Kier alpha value is -0.990. The lowest BCUT2D eigenvalue weighted by molar-refractivity contribution is 0.211. The molecule has 0 rings (SSSR count). The van der Waals surface area contributed by atoms with Gasteiger partial charge in [-0.25, -0.2) is 4.79 Å². The van der Waals surface area contributed by atoms with E-state index in [9.17, 15) is 4.79 Å². The molecule has 0 saturated heterocycles. The molecule has 0 aliphatic rings. The highest BCUT2D eigenvalue weighted by Gasteiger charge is 2.02. The first-order valence-electron chi connectivity index (χ1n) is 3.82. The van der Waals surface area contributed by atoms with Gasteiger partial charge in [0.05, 0.1) is 0 Å². The number of hydrogen-bond donors (Lipinski definition) is 1. The monoisotopic (exact) mass is 156 g/mol. The smallest absolute Gasteiger partial charge is 0.317 e. The van der Waals surface area contributed by atoms with Crippen LogP contribution in [0.2, 0.25) is 0 Å². The van der Waals surface area contributed by atoms with Gasteiger partial charge in [0.2, 0.25) is 0 Å². The van der Waals surface area contributed by atoms with Crippen molar-refractivity contribution in [2.45, 2.75) is 13.3 Å². The fraction of sp³-hybridized carbons (Fsp3) is 0.625. The van der Waals surface area contributed by atoms with Crippen LogP contribution in [-0.2, 0) is 0 Å². The third-order valence-electron chi connectivity index (χ3n) is 1.45. The molecule has 0 bridgehead atoms. The molecule has 64 valence electrons. The molecule has 0 aromatic carbocycles. The van der Waals surface area contributed by atoms with E-state index < -0.39 is 0 Å². The van der Waals surface area contributed by atoms with Gasteiger partial charge < -0.3 is 10.2 Å². The molecule has 3 heteroatoms. The molecule has 0 aliphatic carbocycles. The van der Waals surface area contributed by atoms with Crippen molar-refractivity contribution in [3.63, 3.8) is 0 Å². The number of urea groups is 1. The third kappa shape index (κ3) is 4.42. The Kier molecular flexibility index (Phi) is 5.25. The summed E-state index contributed by atoms with van der Waals surface area (Å²) in [5.74, 6) is 0. The van der Waals surface area contributed by atoms with Crippen LogP contribution < -0.4 is 5.32 Å². The SMILES string of the molecule is C=CCCNC(=O)N(C)CC. The molecule has 0 saturated carbocycles. The zero-order valence-corrected chi connectivity index (χ0v) is 7.26. The second-order valence-electron chi connectivity index (χ2n) is 2.32. The van der Waals surface area contributed by atoms with Crippen molar-refractivity contribution in [3.05, 3.63) is 12.7 Å². The number of nitrogens with zero attached hydrogens (tertiary/aromatic N) is 1. The van der Waals surface area contributed by atoms with Gasteiger partial charge in [-0.05, 0) is 13.3 Å². The van der Waals surface area contributed by atoms with Gasteiger partial charge in [-0.1, -0.05) is 6.08 Å². The summed E-state index contributed by atoms with van der Waals surface area (Å²) in [6.07, 6.45) is 2.61. The summed E-state index contributed by atoms with van der Waals surface area (Å²) in [4.78, 5) is 12.7. The van der Waals surface area contributed by atoms with Crippen LogP contribution in [0.1, 0.15) is 13.3 Å². The molecule has 0 unspecified atom stereocenters. The number of nitrogens with one attached hydrogen (secondary N) is 1. The lowest BCUT2D eigenvalue weighted by Gasteiger charge is -2.14. The molecule has 0 atom stereocenters. The lowest BCUT2D eigenvalue weighted by atomic mass is 10.4. The fourth-order valence-corrected chi connectivity index (χ4v) is 0.560. The highest BCUT2D eigenvalue weighted by molar-refractivity contribution is 5.73. The van der Waals surface area contributed by atoms with E-state index in [1.54, 1.807) is 18.0 Å². The highest BCUT2D eigenvalue weighted by atomic mass is 16.2. The molecule has 0 aromatic rings. The molecule has 0 aromatic heterocycles. The predicted molar refractivity (Wildman–Crippen MR) is 46.5 cm³/mol. The Balaban J connectivity index is 3.43. The molecule has 3 nitrogen and oxygen atoms in total. The minimum Gasteiger partial charge on any atom is -0.338 e. The molecule has 0 aliphatic heterocycles. The summed E-state index contributed by atoms with van der Waals surface area (Å²) < 4.78 is 0. The van der Waals surface area contributed by atoms with Crippen LogP contribution in [0.25, 0.3) is 0 Å². The van der Waals surface area contributed by atoms with E-state index in [0.717, 1.165) is 13.0 Å². The molecule has 0 spiro atoms. The summed E-state index contributed by atoms with van der Waals surface area (Å²) in [5.41, 5.74) is 0. The zero-order valence-electron chi connectivity index (χ0n) is 7.26. The Labute approximate surface area is 68.1 Å². The van der Waals surface area contributed by atoms with Crippen molar-refractivity contribution in [1.29, 1.82) is 0 Å². The third-order valence-corrected chi connectivity index (χ3v) is 1.45. The van der Waals surface area contributed by atoms with E-state index >= 15 is 0 Å². The van der Waals surface area contributed by atoms with Gasteiger partial charge in [-0.2, -0.15) is 0 Å². The van der Waals surface area contributed by atoms with E-state index in [0.29, 0.717) is 6.54 Å². The van der Waals surface area contributed by atoms with E-state index in [1.165, 1.54) is 0 Å². The predicted octanol–water partition coefficient (Wildman–Crippen LogP) is 1.22. The molecule has 2 amide bonds. The molecule has 0 heterocycles. The summed E-state index contributed by atoms with van der Waals surface area (Å²) >= 11 is 0. The van der Waals surface area contributed by atoms with Crippen LogP contribution >= 0.6 is 0 Å². The average Bonchev–Trinajstić information content (AvgIpc) is 2.03. The minimum absolute atomic E-state index is 0.0191. The Morgan fingerprint density at radius 3 is 2.82 bits per heavy atom. The van der Waals surface area contributed by atoms with Crippen molar-refractivity contribution < 1.29 is 4.79 Å². The van der Waals surface area contributed by atoms with Crippen molar-refractivity contribution in [1.82, 2.24) is 10.2 Å². The molecule has 11 heavy (non-hydrogen) atoms. The maximum Gasteiger partial charge on any atom is 0.317 e. The van der Waals surface area contributed by atoms with E-state index in [4.69, 9.17) is 0 Å². The van der Waals surface area contributed by atoms with E-state index in [-0.39, 0.29) is 6.03 Å². The highest BCUT2D eigenvalue weighted by Crippen LogP contribution is 1.83. The minimum atomic E-state index is -0.0191. The van der Waals surface area contributed by atoms with Crippen LogP contribution in [0.3, 0.4) is 0 Å². The molecule has 0 fully saturated rings. The van der Waals surface area contributed by atoms with Crippen molar-refractivity contribution in [2.24, 2.45) is 0 Å². The standard InChI is InChI=1S/C8H16N2O/c1-4-6-7-9-8(11)10(3)5-2/h4H,1,5-7H2,2-3H3,(H,9,11). The van der Waals surface area contributed by atoms with Gasteiger partial charge in [-0.15, -0.1) is 6.58 Å². The van der Waals surface area contributed by atoms with Gasteiger partial charge >= 0.3 is 6.03 Å². The number of rotatable bonds is 4. The first-order chi connectivity index (χ1) is 5.22. The number of amides is 2. The number of carbonyl (C=O) groups is 1. The van der Waals surface area contributed by atoms with Gasteiger partial charge in [0.15, 0.2) is 0 Å². The average molecular weight is 156 g/mol. The van der Waals surface area contributed by atoms with Gasteiger partial charge in [0.1, 0.15) is 0 Å². The number of hydrogen-bond acceptors (Lipinski definition) is 1. The van der Waals surface area contributed by atoms with Crippen molar-refractivity contribution in [3.8, 4) is 0 Å². The van der Waals surface area contributed by atoms with E-state index in [1.807, 2.05) is 6.92 Å². The van der Waals surface area contributed by atoms with Gasteiger partial charge in [0, 0.05) is 20.1 Å². The molecule has 1 N–H and O–H groups in total. The van der Waals surface area contributed by atoms with Crippen molar-refractivity contribution >= 4 is 6.03 Å². The summed E-state index contributed by atoms with van der Waals surface area (Å²) in [5, 5.41) is 2.75. The first-order valence-corrected chi connectivity index (χ1v) is 3.82. The van der Waals surface area contributed by atoms with E-state index in [2.05, 4.69) is 11.9 Å². The Bertz CT molecular complexity index is 134. The second-order valence-corrected chi connectivity index (χ2v) is 2.32. The quantitative estimate of drug-likeness (QED) is 0.482. The Morgan fingerprint density at radius 1 is 1.73 bits per heavy atom. The lowest BCUT2D eigenvalue weighted by Crippen LogP contribution is -2.37. The molecular formula is C8H16N2O. The zero-order chi connectivity index (χ0) is 8.69. The first kappa shape index (κ1) is 10.0. The maximum atomic E-state index is 11.0. The van der Waals surface area contributed by atoms with Gasteiger partial charge in [-0.3, -0.25) is 0 Å². The molecular weight excluding hydrogens is 140 g/mol. The topological polar surface area (TPSA) is 32.3 Å². The molecule has 0 radical (unpaired) electrons. The summed E-state index contributed by atoms with van der Waals surface area (Å²) in [6.45, 7) is 6.90. The van der Waals surface area contributed by atoms with Gasteiger partial charge in [0.25, 0.3) is 0 Å². The fourth-order valence-electron chi connectivity index (χ4n) is 0.560. The van der Waals surface area contributed by atoms with Crippen LogP contribution in [-0.4, -0.2) is 31.1 Å². The van der Waals surface area contributed by atoms with Crippen LogP contribution in [0.15, 0.2) is 12.7 Å². The van der Waals surface area contributed by atoms with Crippen LogP contribution in [0.5, 0.6) is 0 Å². The summed E-state index contributed by atoms with van der Waals surface area (Å²) in [6, 6.07) is -0.0191. The Morgan fingerprint density at radius 2 is 2.36 bits per heavy atom. The maximum absolute atomic E-state index is 11.0. The van der Waals surface area contributed by atoms with Crippen molar-refractivity contribution in [2.75, 3.05) is 20.1 Å². The normalized spacial score (nSPS) is 8.91. The van der Waals surface area contributed by atoms with Crippen LogP contribution in [0.4, 0.5) is 4.79 Å². The number of carbonyl (C=O) groups excluding carboxylic acids is 1.